The maximum atomic E-state index is 5.58. The molecule has 1 atom stereocenters. The predicted octanol–water partition coefficient (Wildman–Crippen LogP) is 4.19. The molecule has 1 aliphatic heterocycles. The first-order chi connectivity index (χ1) is 7.75. The summed E-state index contributed by atoms with van der Waals surface area (Å²) in [5, 5.41) is 3.42. The molecule has 1 unspecified atom stereocenters. The number of halogens is 2. The van der Waals surface area contributed by atoms with Gasteiger partial charge >= 0.3 is 0 Å². The monoisotopic (exact) mass is 347 g/mol. The van der Waals surface area contributed by atoms with Crippen molar-refractivity contribution >= 4 is 37.5 Å². The van der Waals surface area contributed by atoms with Crippen LogP contribution in [0, 0.1) is 0 Å². The summed E-state index contributed by atoms with van der Waals surface area (Å²) in [4.78, 5) is 0. The summed E-state index contributed by atoms with van der Waals surface area (Å²) >= 11 is 7.00. The van der Waals surface area contributed by atoms with Crippen LogP contribution in [0.3, 0.4) is 0 Å². The Morgan fingerprint density at radius 2 is 2.25 bits per heavy atom. The van der Waals surface area contributed by atoms with Gasteiger partial charge in [-0.15, -0.1) is 0 Å². The maximum absolute atomic E-state index is 5.58. The normalized spacial score (nSPS) is 20.0. The molecule has 1 fully saturated rings. The quantitative estimate of drug-likeness (QED) is 0.880. The van der Waals surface area contributed by atoms with Crippen LogP contribution in [0.4, 0.5) is 5.69 Å². The lowest BCUT2D eigenvalue weighted by Crippen LogP contribution is -2.12. The van der Waals surface area contributed by atoms with Crippen LogP contribution in [0.25, 0.3) is 0 Å². The molecule has 2 nitrogen and oxygen atoms in total. The third kappa shape index (κ3) is 3.47. The molecular weight excluding hydrogens is 334 g/mol. The van der Waals surface area contributed by atoms with Gasteiger partial charge in [0.2, 0.25) is 0 Å². The van der Waals surface area contributed by atoms with Crippen molar-refractivity contribution in [1.82, 2.24) is 0 Å². The van der Waals surface area contributed by atoms with Crippen LogP contribution in [-0.2, 0) is 4.74 Å². The highest BCUT2D eigenvalue weighted by molar-refractivity contribution is 9.11. The second-order valence-electron chi connectivity index (χ2n) is 3.97. The Morgan fingerprint density at radius 3 is 3.00 bits per heavy atom. The molecule has 0 radical (unpaired) electrons. The van der Waals surface area contributed by atoms with Crippen molar-refractivity contribution in [3.8, 4) is 0 Å². The standard InChI is InChI=1S/C12H15Br2NO/c13-9-3-4-11(14)12(8-9)15-6-5-10-2-1-7-16-10/h3-4,8,10,15H,1-2,5-7H2. The van der Waals surface area contributed by atoms with Gasteiger partial charge in [-0.05, 0) is 53.4 Å². The molecular formula is C12H15Br2NO. The fraction of sp³-hybridized carbons (Fsp3) is 0.500. The van der Waals surface area contributed by atoms with Crippen molar-refractivity contribution in [3.63, 3.8) is 0 Å². The van der Waals surface area contributed by atoms with E-state index in [0.29, 0.717) is 6.10 Å². The highest BCUT2D eigenvalue weighted by Gasteiger charge is 2.14. The molecule has 0 spiro atoms. The van der Waals surface area contributed by atoms with Crippen LogP contribution in [0.2, 0.25) is 0 Å². The Hall–Kier alpha value is -0.0600. The minimum atomic E-state index is 0.457. The lowest BCUT2D eigenvalue weighted by Gasteiger charge is -2.12. The van der Waals surface area contributed by atoms with Gasteiger partial charge in [-0.25, -0.2) is 0 Å². The molecule has 0 amide bonds. The van der Waals surface area contributed by atoms with Crippen LogP contribution < -0.4 is 5.32 Å². The van der Waals surface area contributed by atoms with Gasteiger partial charge in [-0.2, -0.15) is 0 Å². The number of ether oxygens (including phenoxy) is 1. The molecule has 1 saturated heterocycles. The third-order valence-electron chi connectivity index (χ3n) is 2.73. The van der Waals surface area contributed by atoms with Crippen molar-refractivity contribution in [3.05, 3.63) is 27.1 Å². The molecule has 0 saturated carbocycles. The lowest BCUT2D eigenvalue weighted by molar-refractivity contribution is 0.107. The van der Waals surface area contributed by atoms with Gasteiger partial charge < -0.3 is 10.1 Å². The summed E-state index contributed by atoms with van der Waals surface area (Å²) in [5.74, 6) is 0. The van der Waals surface area contributed by atoms with Gasteiger partial charge in [0.05, 0.1) is 6.10 Å². The molecule has 1 aliphatic rings. The van der Waals surface area contributed by atoms with E-state index < -0.39 is 0 Å². The van der Waals surface area contributed by atoms with Crippen molar-refractivity contribution in [2.24, 2.45) is 0 Å². The average molecular weight is 349 g/mol. The molecule has 1 heterocycles. The van der Waals surface area contributed by atoms with Gasteiger partial charge in [0, 0.05) is 27.8 Å². The van der Waals surface area contributed by atoms with E-state index in [-0.39, 0.29) is 0 Å². The highest BCUT2D eigenvalue weighted by Crippen LogP contribution is 2.26. The van der Waals surface area contributed by atoms with Crippen LogP contribution in [-0.4, -0.2) is 19.3 Å². The predicted molar refractivity (Wildman–Crippen MR) is 73.9 cm³/mol. The third-order valence-corrected chi connectivity index (χ3v) is 3.92. The summed E-state index contributed by atoms with van der Waals surface area (Å²) < 4.78 is 7.78. The molecule has 4 heteroatoms. The van der Waals surface area contributed by atoms with E-state index in [1.807, 2.05) is 12.1 Å². The van der Waals surface area contributed by atoms with E-state index in [4.69, 9.17) is 4.74 Å². The molecule has 16 heavy (non-hydrogen) atoms. The number of anilines is 1. The molecule has 1 aromatic rings. The summed E-state index contributed by atoms with van der Waals surface area (Å²) in [6.45, 7) is 1.89. The zero-order valence-corrected chi connectivity index (χ0v) is 12.2. The van der Waals surface area contributed by atoms with Crippen LogP contribution in [0.5, 0.6) is 0 Å². The van der Waals surface area contributed by atoms with E-state index in [1.165, 1.54) is 12.8 Å². The summed E-state index contributed by atoms with van der Waals surface area (Å²) in [7, 11) is 0. The Bertz CT molecular complexity index is 351. The minimum Gasteiger partial charge on any atom is -0.384 e. The number of hydrogen-bond donors (Lipinski definition) is 1. The Morgan fingerprint density at radius 1 is 1.38 bits per heavy atom. The molecule has 1 aromatic carbocycles. The fourth-order valence-corrected chi connectivity index (χ4v) is 2.62. The van der Waals surface area contributed by atoms with Crippen LogP contribution in [0.15, 0.2) is 27.1 Å². The number of rotatable bonds is 4. The average Bonchev–Trinajstić information content (AvgIpc) is 2.76. The lowest BCUT2D eigenvalue weighted by atomic mass is 10.2. The van der Waals surface area contributed by atoms with E-state index in [2.05, 4.69) is 43.2 Å². The Balaban J connectivity index is 1.82. The van der Waals surface area contributed by atoms with Gasteiger partial charge in [0.15, 0.2) is 0 Å². The first-order valence-electron chi connectivity index (χ1n) is 5.56. The summed E-state index contributed by atoms with van der Waals surface area (Å²) in [6, 6.07) is 6.15. The van der Waals surface area contributed by atoms with Crippen molar-refractivity contribution in [1.29, 1.82) is 0 Å². The molecule has 0 bridgehead atoms. The fourth-order valence-electron chi connectivity index (χ4n) is 1.87. The van der Waals surface area contributed by atoms with Gasteiger partial charge in [0.1, 0.15) is 0 Å². The SMILES string of the molecule is Brc1ccc(Br)c(NCCC2CCCO2)c1. The smallest absolute Gasteiger partial charge is 0.0592 e. The zero-order valence-electron chi connectivity index (χ0n) is 9.01. The first-order valence-corrected chi connectivity index (χ1v) is 7.15. The highest BCUT2D eigenvalue weighted by atomic mass is 79.9. The number of benzene rings is 1. The minimum absolute atomic E-state index is 0.457. The largest absolute Gasteiger partial charge is 0.384 e. The Labute approximate surface area is 113 Å². The van der Waals surface area contributed by atoms with Crippen LogP contribution >= 0.6 is 31.9 Å². The van der Waals surface area contributed by atoms with Gasteiger partial charge in [-0.1, -0.05) is 15.9 Å². The van der Waals surface area contributed by atoms with E-state index in [1.54, 1.807) is 0 Å². The zero-order chi connectivity index (χ0) is 11.4. The second kappa shape index (κ2) is 6.03. The molecule has 2 rings (SSSR count). The van der Waals surface area contributed by atoms with E-state index >= 15 is 0 Å². The van der Waals surface area contributed by atoms with E-state index in [9.17, 15) is 0 Å². The molecule has 0 aliphatic carbocycles. The second-order valence-corrected chi connectivity index (χ2v) is 5.74. The summed E-state index contributed by atoms with van der Waals surface area (Å²) in [5.41, 5.74) is 1.13. The molecule has 0 aromatic heterocycles. The number of hydrogen-bond acceptors (Lipinski definition) is 2. The van der Waals surface area contributed by atoms with Gasteiger partial charge in [0.25, 0.3) is 0 Å². The van der Waals surface area contributed by atoms with Gasteiger partial charge in [-0.3, -0.25) is 0 Å². The maximum Gasteiger partial charge on any atom is 0.0592 e. The molecule has 88 valence electrons. The first kappa shape index (κ1) is 12.4. The molecule has 1 N–H and O–H groups in total. The van der Waals surface area contributed by atoms with E-state index in [0.717, 1.165) is 34.2 Å². The van der Waals surface area contributed by atoms with Crippen molar-refractivity contribution < 1.29 is 4.74 Å². The van der Waals surface area contributed by atoms with Crippen LogP contribution in [0.1, 0.15) is 19.3 Å². The van der Waals surface area contributed by atoms with Crippen molar-refractivity contribution in [2.45, 2.75) is 25.4 Å². The topological polar surface area (TPSA) is 21.3 Å². The van der Waals surface area contributed by atoms with Crippen molar-refractivity contribution in [2.75, 3.05) is 18.5 Å². The summed E-state index contributed by atoms with van der Waals surface area (Å²) in [6.07, 6.45) is 3.96. The Kier molecular flexibility index (Phi) is 4.67. The number of nitrogens with one attached hydrogen (secondary N) is 1.